The quantitative estimate of drug-likeness (QED) is 0.615. The average molecular weight is 321 g/mol. The molecule has 2 amide bonds. The number of amides is 2. The number of hydrogen-bond acceptors (Lipinski definition) is 5. The third kappa shape index (κ3) is 3.25. The molecule has 1 aromatic rings. The highest BCUT2D eigenvalue weighted by Crippen LogP contribution is 2.29. The van der Waals surface area contributed by atoms with E-state index < -0.39 is 11.0 Å². The van der Waals surface area contributed by atoms with Crippen LogP contribution in [0.3, 0.4) is 0 Å². The maximum absolute atomic E-state index is 12.7. The Bertz CT molecular complexity index is 644. The van der Waals surface area contributed by atoms with Gasteiger partial charge in [-0.2, -0.15) is 0 Å². The Balaban J connectivity index is 2.31. The smallest absolute Gasteiger partial charge is 0.311 e. The Labute approximate surface area is 133 Å². The molecule has 2 rings (SSSR count). The van der Waals surface area contributed by atoms with Crippen LogP contribution >= 0.6 is 0 Å². The Morgan fingerprint density at radius 2 is 2.09 bits per heavy atom. The fraction of sp³-hybridized carbons (Fsp3) is 0.467. The third-order valence-electron chi connectivity index (χ3n) is 3.86. The zero-order chi connectivity index (χ0) is 17.1. The first kappa shape index (κ1) is 16.7. The fourth-order valence-electron chi connectivity index (χ4n) is 2.70. The maximum Gasteiger partial charge on any atom is 0.311 e. The molecule has 0 radical (unpaired) electrons. The number of hydrogen-bond donors (Lipinski definition) is 0. The van der Waals surface area contributed by atoms with Gasteiger partial charge in [-0.05, 0) is 25.0 Å². The molecule has 1 aliphatic heterocycles. The van der Waals surface area contributed by atoms with Gasteiger partial charge in [0.15, 0.2) is 5.75 Å². The minimum absolute atomic E-state index is 0.0916. The van der Waals surface area contributed by atoms with Gasteiger partial charge in [0.05, 0.1) is 12.0 Å². The lowest BCUT2D eigenvalue weighted by molar-refractivity contribution is -0.385. The molecule has 124 valence electrons. The van der Waals surface area contributed by atoms with E-state index in [4.69, 9.17) is 4.74 Å². The first-order valence-electron chi connectivity index (χ1n) is 7.21. The van der Waals surface area contributed by atoms with Crippen molar-refractivity contribution in [2.75, 3.05) is 27.7 Å². The number of benzene rings is 1. The molecule has 0 N–H and O–H groups in total. The number of carbonyl (C=O) groups is 2. The number of carbonyl (C=O) groups excluding carboxylic acids is 2. The van der Waals surface area contributed by atoms with E-state index in [2.05, 4.69) is 0 Å². The maximum atomic E-state index is 12.7. The molecule has 0 spiro atoms. The second-order valence-electron chi connectivity index (χ2n) is 5.53. The highest BCUT2D eigenvalue weighted by atomic mass is 16.6. The van der Waals surface area contributed by atoms with Gasteiger partial charge in [-0.15, -0.1) is 0 Å². The topological polar surface area (TPSA) is 93.0 Å². The SMILES string of the molecule is COc1ccc(C(=O)N2CCCC2C(=O)N(C)C)cc1[N+](=O)[O-]. The van der Waals surface area contributed by atoms with E-state index in [0.717, 1.165) is 6.42 Å². The van der Waals surface area contributed by atoms with Crippen LogP contribution in [0.5, 0.6) is 5.75 Å². The van der Waals surface area contributed by atoms with Crippen molar-refractivity contribution in [2.45, 2.75) is 18.9 Å². The van der Waals surface area contributed by atoms with Gasteiger partial charge in [0.2, 0.25) is 5.91 Å². The summed E-state index contributed by atoms with van der Waals surface area (Å²) in [6, 6.07) is 3.54. The van der Waals surface area contributed by atoms with E-state index in [1.807, 2.05) is 0 Å². The summed E-state index contributed by atoms with van der Waals surface area (Å²) >= 11 is 0. The largest absolute Gasteiger partial charge is 0.490 e. The van der Waals surface area contributed by atoms with Gasteiger partial charge < -0.3 is 14.5 Å². The van der Waals surface area contributed by atoms with Crippen LogP contribution in [0.25, 0.3) is 0 Å². The van der Waals surface area contributed by atoms with Crippen molar-refractivity contribution in [2.24, 2.45) is 0 Å². The highest BCUT2D eigenvalue weighted by Gasteiger charge is 2.35. The average Bonchev–Trinajstić information content (AvgIpc) is 3.01. The molecular weight excluding hydrogens is 302 g/mol. The zero-order valence-electron chi connectivity index (χ0n) is 13.3. The molecule has 1 aromatic carbocycles. The normalized spacial score (nSPS) is 17.0. The van der Waals surface area contributed by atoms with Crippen LogP contribution in [0.4, 0.5) is 5.69 Å². The molecule has 23 heavy (non-hydrogen) atoms. The number of nitrogens with zero attached hydrogens (tertiary/aromatic N) is 3. The van der Waals surface area contributed by atoms with Crippen LogP contribution in [0, 0.1) is 10.1 Å². The van der Waals surface area contributed by atoms with Crippen LogP contribution in [0.15, 0.2) is 18.2 Å². The first-order valence-corrected chi connectivity index (χ1v) is 7.21. The Morgan fingerprint density at radius 3 is 2.65 bits per heavy atom. The molecule has 8 heteroatoms. The molecule has 1 heterocycles. The molecule has 1 unspecified atom stereocenters. The van der Waals surface area contributed by atoms with E-state index in [1.165, 1.54) is 35.1 Å². The molecule has 1 aliphatic rings. The molecule has 0 saturated carbocycles. The number of likely N-dealkylation sites (N-methyl/N-ethyl adjacent to an activating group) is 1. The van der Waals surface area contributed by atoms with Gasteiger partial charge in [-0.25, -0.2) is 0 Å². The van der Waals surface area contributed by atoms with Crippen LogP contribution < -0.4 is 4.74 Å². The summed E-state index contributed by atoms with van der Waals surface area (Å²) < 4.78 is 4.93. The Hall–Kier alpha value is -2.64. The van der Waals surface area contributed by atoms with Crippen molar-refractivity contribution in [1.82, 2.24) is 9.80 Å². The van der Waals surface area contributed by atoms with Crippen LogP contribution in [-0.4, -0.2) is 60.3 Å². The standard InChI is InChI=1S/C15H19N3O5/c1-16(2)15(20)11-5-4-8-17(11)14(19)10-6-7-13(23-3)12(9-10)18(21)22/h6-7,9,11H,4-5,8H2,1-3H3. The van der Waals surface area contributed by atoms with E-state index in [-0.39, 0.29) is 28.8 Å². The van der Waals surface area contributed by atoms with Crippen LogP contribution in [0.1, 0.15) is 23.2 Å². The molecule has 1 fully saturated rings. The van der Waals surface area contributed by atoms with Crippen molar-refractivity contribution in [1.29, 1.82) is 0 Å². The van der Waals surface area contributed by atoms with Crippen LogP contribution in [-0.2, 0) is 4.79 Å². The summed E-state index contributed by atoms with van der Waals surface area (Å²) in [5.41, 5.74) is -0.0935. The van der Waals surface area contributed by atoms with Crippen LogP contribution in [0.2, 0.25) is 0 Å². The van der Waals surface area contributed by atoms with E-state index >= 15 is 0 Å². The Morgan fingerprint density at radius 1 is 1.39 bits per heavy atom. The summed E-state index contributed by atoms with van der Waals surface area (Å²) in [4.78, 5) is 38.2. The number of nitro benzene ring substituents is 1. The molecule has 1 saturated heterocycles. The third-order valence-corrected chi connectivity index (χ3v) is 3.86. The minimum Gasteiger partial charge on any atom is -0.490 e. The highest BCUT2D eigenvalue weighted by molar-refractivity contribution is 5.98. The number of ether oxygens (including phenoxy) is 1. The number of likely N-dealkylation sites (tertiary alicyclic amines) is 1. The predicted octanol–water partition coefficient (Wildman–Crippen LogP) is 1.30. The zero-order valence-corrected chi connectivity index (χ0v) is 13.3. The van der Waals surface area contributed by atoms with E-state index in [1.54, 1.807) is 14.1 Å². The predicted molar refractivity (Wildman–Crippen MR) is 82.4 cm³/mol. The monoisotopic (exact) mass is 321 g/mol. The molecular formula is C15H19N3O5. The van der Waals surface area contributed by atoms with Crippen molar-refractivity contribution in [3.8, 4) is 5.75 Å². The number of nitro groups is 1. The molecule has 8 nitrogen and oxygen atoms in total. The summed E-state index contributed by atoms with van der Waals surface area (Å²) in [7, 11) is 4.61. The second kappa shape index (κ2) is 6.64. The first-order chi connectivity index (χ1) is 10.9. The molecule has 0 bridgehead atoms. The van der Waals surface area contributed by atoms with Gasteiger partial charge in [0.25, 0.3) is 5.91 Å². The van der Waals surface area contributed by atoms with Crippen molar-refractivity contribution in [3.63, 3.8) is 0 Å². The van der Waals surface area contributed by atoms with Crippen molar-refractivity contribution < 1.29 is 19.2 Å². The lowest BCUT2D eigenvalue weighted by Crippen LogP contribution is -2.45. The Kier molecular flexibility index (Phi) is 4.83. The van der Waals surface area contributed by atoms with Gasteiger partial charge in [0, 0.05) is 32.3 Å². The molecule has 0 aromatic heterocycles. The summed E-state index contributed by atoms with van der Waals surface area (Å²) in [5, 5.41) is 11.1. The summed E-state index contributed by atoms with van der Waals surface area (Å²) in [5.74, 6) is -0.429. The van der Waals surface area contributed by atoms with E-state index in [9.17, 15) is 19.7 Å². The van der Waals surface area contributed by atoms with Gasteiger partial charge in [-0.1, -0.05) is 0 Å². The molecule has 1 atom stereocenters. The van der Waals surface area contributed by atoms with Crippen molar-refractivity contribution in [3.05, 3.63) is 33.9 Å². The summed E-state index contributed by atoms with van der Waals surface area (Å²) in [6.45, 7) is 0.461. The van der Waals surface area contributed by atoms with Gasteiger partial charge in [-0.3, -0.25) is 19.7 Å². The van der Waals surface area contributed by atoms with E-state index in [0.29, 0.717) is 13.0 Å². The fourth-order valence-corrected chi connectivity index (χ4v) is 2.70. The molecule has 0 aliphatic carbocycles. The number of rotatable bonds is 4. The lowest BCUT2D eigenvalue weighted by Gasteiger charge is -2.26. The second-order valence-corrected chi connectivity index (χ2v) is 5.53. The minimum atomic E-state index is -0.595. The number of methoxy groups -OCH3 is 1. The van der Waals surface area contributed by atoms with Gasteiger partial charge in [0.1, 0.15) is 6.04 Å². The lowest BCUT2D eigenvalue weighted by atomic mass is 10.1. The van der Waals surface area contributed by atoms with Crippen molar-refractivity contribution >= 4 is 17.5 Å². The van der Waals surface area contributed by atoms with Gasteiger partial charge >= 0.3 is 5.69 Å². The summed E-state index contributed by atoms with van der Waals surface area (Å²) in [6.07, 6.45) is 1.33.